The summed E-state index contributed by atoms with van der Waals surface area (Å²) in [6, 6.07) is 12.1. The molecule has 156 valence electrons. The van der Waals surface area contributed by atoms with E-state index in [1.165, 1.54) is 5.56 Å². The Hall–Kier alpha value is -2.45. The Morgan fingerprint density at radius 3 is 2.59 bits per heavy atom. The van der Waals surface area contributed by atoms with Gasteiger partial charge in [-0.05, 0) is 32.4 Å². The third kappa shape index (κ3) is 5.55. The van der Waals surface area contributed by atoms with Crippen molar-refractivity contribution in [1.29, 1.82) is 0 Å². The molecule has 0 saturated carbocycles. The number of aryl methyl sites for hydroxylation is 2. The summed E-state index contributed by atoms with van der Waals surface area (Å²) in [5.74, 6) is 0.816. The van der Waals surface area contributed by atoms with E-state index in [4.69, 9.17) is 4.52 Å². The summed E-state index contributed by atoms with van der Waals surface area (Å²) in [5.41, 5.74) is 2.96. The zero-order valence-electron chi connectivity index (χ0n) is 17.2. The molecule has 29 heavy (non-hydrogen) atoms. The van der Waals surface area contributed by atoms with Crippen LogP contribution in [0.15, 0.2) is 52.3 Å². The molecule has 0 spiro atoms. The summed E-state index contributed by atoms with van der Waals surface area (Å²) < 4.78 is 32.2. The van der Waals surface area contributed by atoms with E-state index in [0.717, 1.165) is 30.0 Å². The second kappa shape index (κ2) is 9.37. The summed E-state index contributed by atoms with van der Waals surface area (Å²) >= 11 is 0. The average molecular weight is 417 g/mol. The van der Waals surface area contributed by atoms with Gasteiger partial charge in [0.15, 0.2) is 5.76 Å². The van der Waals surface area contributed by atoms with Crippen molar-refractivity contribution in [2.24, 2.45) is 0 Å². The van der Waals surface area contributed by atoms with Crippen molar-refractivity contribution in [3.63, 3.8) is 0 Å². The van der Waals surface area contributed by atoms with Crippen molar-refractivity contribution in [3.8, 4) is 0 Å². The number of sulfone groups is 1. The van der Waals surface area contributed by atoms with Crippen molar-refractivity contribution >= 4 is 9.84 Å². The van der Waals surface area contributed by atoms with Crippen LogP contribution in [0, 0.1) is 6.92 Å². The first-order valence-corrected chi connectivity index (χ1v) is 11.5. The molecule has 0 aliphatic heterocycles. The predicted octanol–water partition coefficient (Wildman–Crippen LogP) is 3.24. The van der Waals surface area contributed by atoms with E-state index < -0.39 is 9.84 Å². The summed E-state index contributed by atoms with van der Waals surface area (Å²) in [6.45, 7) is 5.30. The zero-order valence-corrected chi connectivity index (χ0v) is 18.0. The Morgan fingerprint density at radius 1 is 1.17 bits per heavy atom. The number of hydrogen-bond acceptors (Lipinski definition) is 6. The topological polar surface area (TPSA) is 81.2 Å². The largest absolute Gasteiger partial charge is 0.360 e. The average Bonchev–Trinajstić information content (AvgIpc) is 3.29. The molecule has 0 radical (unpaired) electrons. The van der Waals surface area contributed by atoms with E-state index in [1.54, 1.807) is 13.1 Å². The van der Waals surface area contributed by atoms with Gasteiger partial charge >= 0.3 is 0 Å². The van der Waals surface area contributed by atoms with E-state index in [0.29, 0.717) is 19.6 Å². The Balaban J connectivity index is 1.75. The highest BCUT2D eigenvalue weighted by molar-refractivity contribution is 7.91. The lowest BCUT2D eigenvalue weighted by atomic mass is 10.1. The van der Waals surface area contributed by atoms with Crippen LogP contribution in [0.25, 0.3) is 0 Å². The predicted molar refractivity (Wildman–Crippen MR) is 111 cm³/mol. The minimum atomic E-state index is -3.39. The van der Waals surface area contributed by atoms with Gasteiger partial charge in [0.1, 0.15) is 0 Å². The first-order valence-electron chi connectivity index (χ1n) is 9.81. The first kappa shape index (κ1) is 21.3. The van der Waals surface area contributed by atoms with Gasteiger partial charge in [-0.2, -0.15) is 0 Å². The Morgan fingerprint density at radius 2 is 1.93 bits per heavy atom. The number of hydrogen-bond donors (Lipinski definition) is 0. The standard InChI is InChI=1S/C21H28N4O3S/c1-4-29(26,27)21-22-14-19(15-24(3)16-20-13-17(2)23-28-20)25(21)12-8-11-18-9-6-5-7-10-18/h5-7,9-10,13-14H,4,8,11-12,15-16H2,1-3H3. The maximum Gasteiger partial charge on any atom is 0.227 e. The van der Waals surface area contributed by atoms with Gasteiger partial charge in [-0.15, -0.1) is 0 Å². The normalized spacial score (nSPS) is 12.0. The van der Waals surface area contributed by atoms with Gasteiger partial charge in [-0.3, -0.25) is 4.90 Å². The highest BCUT2D eigenvalue weighted by Gasteiger charge is 2.22. The second-order valence-corrected chi connectivity index (χ2v) is 9.46. The summed E-state index contributed by atoms with van der Waals surface area (Å²) in [4.78, 5) is 6.32. The fourth-order valence-corrected chi connectivity index (χ4v) is 4.33. The second-order valence-electron chi connectivity index (χ2n) is 7.28. The van der Waals surface area contributed by atoms with E-state index in [2.05, 4.69) is 27.2 Å². The molecule has 7 nitrogen and oxygen atoms in total. The van der Waals surface area contributed by atoms with Crippen molar-refractivity contribution in [2.75, 3.05) is 12.8 Å². The van der Waals surface area contributed by atoms with Crippen LogP contribution in [-0.4, -0.2) is 40.8 Å². The maximum absolute atomic E-state index is 12.5. The molecular formula is C21H28N4O3S. The number of imidazole rings is 1. The summed E-state index contributed by atoms with van der Waals surface area (Å²) in [7, 11) is -1.42. The first-order chi connectivity index (χ1) is 13.9. The minimum absolute atomic E-state index is 0.0370. The molecule has 0 unspecified atom stereocenters. The monoisotopic (exact) mass is 416 g/mol. The van der Waals surface area contributed by atoms with Crippen LogP contribution < -0.4 is 0 Å². The van der Waals surface area contributed by atoms with Gasteiger partial charge in [0.2, 0.25) is 15.0 Å². The van der Waals surface area contributed by atoms with Gasteiger partial charge < -0.3 is 9.09 Å². The summed E-state index contributed by atoms with van der Waals surface area (Å²) in [6.07, 6.45) is 3.40. The van der Waals surface area contributed by atoms with E-state index in [-0.39, 0.29) is 10.9 Å². The molecule has 0 bridgehead atoms. The van der Waals surface area contributed by atoms with Crippen LogP contribution in [0.5, 0.6) is 0 Å². The minimum Gasteiger partial charge on any atom is -0.360 e. The highest BCUT2D eigenvalue weighted by atomic mass is 32.2. The van der Waals surface area contributed by atoms with Crippen LogP contribution in [0.1, 0.15) is 36.1 Å². The Bertz CT molecular complexity index is 1030. The molecule has 2 heterocycles. The van der Waals surface area contributed by atoms with Crippen LogP contribution in [0.4, 0.5) is 0 Å². The van der Waals surface area contributed by atoms with Crippen molar-refractivity contribution in [1.82, 2.24) is 19.6 Å². The molecule has 0 N–H and O–H groups in total. The SMILES string of the molecule is CCS(=O)(=O)c1ncc(CN(C)Cc2cc(C)no2)n1CCCc1ccccc1. The lowest BCUT2D eigenvalue weighted by molar-refractivity contribution is 0.259. The molecule has 3 aromatic rings. The fourth-order valence-electron chi connectivity index (χ4n) is 3.31. The molecular weight excluding hydrogens is 388 g/mol. The lowest BCUT2D eigenvalue weighted by Crippen LogP contribution is -2.21. The van der Waals surface area contributed by atoms with Crippen molar-refractivity contribution in [3.05, 3.63) is 65.3 Å². The third-order valence-corrected chi connectivity index (χ3v) is 6.43. The lowest BCUT2D eigenvalue weighted by Gasteiger charge is -2.17. The molecule has 0 amide bonds. The number of nitrogens with zero attached hydrogens (tertiary/aromatic N) is 4. The van der Waals surface area contributed by atoms with Crippen LogP contribution in [-0.2, 0) is 35.9 Å². The molecule has 0 aliphatic rings. The van der Waals surface area contributed by atoms with Gasteiger partial charge in [0, 0.05) is 19.2 Å². The van der Waals surface area contributed by atoms with Crippen LogP contribution in [0.2, 0.25) is 0 Å². The molecule has 0 fully saturated rings. The van der Waals surface area contributed by atoms with Gasteiger partial charge in [0.05, 0.1) is 29.9 Å². The molecule has 0 aliphatic carbocycles. The zero-order chi connectivity index (χ0) is 20.9. The highest BCUT2D eigenvalue weighted by Crippen LogP contribution is 2.17. The van der Waals surface area contributed by atoms with Gasteiger partial charge in [0.25, 0.3) is 0 Å². The molecule has 2 aromatic heterocycles. The number of rotatable bonds is 10. The molecule has 0 atom stereocenters. The van der Waals surface area contributed by atoms with Gasteiger partial charge in [-0.1, -0.05) is 42.4 Å². The molecule has 0 saturated heterocycles. The van der Waals surface area contributed by atoms with E-state index in [1.807, 2.05) is 42.8 Å². The van der Waals surface area contributed by atoms with E-state index in [9.17, 15) is 8.42 Å². The van der Waals surface area contributed by atoms with Crippen molar-refractivity contribution < 1.29 is 12.9 Å². The van der Waals surface area contributed by atoms with Crippen LogP contribution >= 0.6 is 0 Å². The smallest absolute Gasteiger partial charge is 0.227 e. The van der Waals surface area contributed by atoms with Crippen LogP contribution in [0.3, 0.4) is 0 Å². The Kier molecular flexibility index (Phi) is 6.87. The molecule has 8 heteroatoms. The quantitative estimate of drug-likeness (QED) is 0.505. The maximum atomic E-state index is 12.5. The van der Waals surface area contributed by atoms with Gasteiger partial charge in [-0.25, -0.2) is 13.4 Å². The Labute approximate surface area is 172 Å². The number of aromatic nitrogens is 3. The summed E-state index contributed by atoms with van der Waals surface area (Å²) in [5, 5.41) is 4.07. The fraction of sp³-hybridized carbons (Fsp3) is 0.429. The number of benzene rings is 1. The molecule has 1 aromatic carbocycles. The van der Waals surface area contributed by atoms with Crippen molar-refractivity contribution in [2.45, 2.75) is 51.5 Å². The molecule has 3 rings (SSSR count). The third-order valence-electron chi connectivity index (χ3n) is 4.78. The van der Waals surface area contributed by atoms with E-state index >= 15 is 0 Å².